The summed E-state index contributed by atoms with van der Waals surface area (Å²) in [7, 11) is 0. The number of hydrogen-bond acceptors (Lipinski definition) is 13. The quantitative estimate of drug-likeness (QED) is 0.0340. The number of unbranched alkanes of at least 4 members (excludes halogenated alkanes) is 1. The lowest BCUT2D eigenvalue weighted by Gasteiger charge is -2.29. The number of carboxylic acids is 1. The summed E-state index contributed by atoms with van der Waals surface area (Å²) < 4.78 is 0. The van der Waals surface area contributed by atoms with Gasteiger partial charge in [-0.1, -0.05) is 41.5 Å². The van der Waals surface area contributed by atoms with Crippen LogP contribution in [0.25, 0.3) is 0 Å². The molecule has 0 heterocycles. The minimum Gasteiger partial charge on any atom is -0.480 e. The first-order chi connectivity index (χ1) is 27.0. The molecule has 0 rings (SSSR count). The topological polar surface area (TPSA) is 354 Å². The number of carbonyl (C=O) groups is 8. The average molecular weight is 832 g/mol. The molecule has 21 nitrogen and oxygen atoms in total. The third-order valence-corrected chi connectivity index (χ3v) is 8.69. The van der Waals surface area contributed by atoms with Crippen molar-refractivity contribution in [2.75, 3.05) is 19.8 Å². The molecule has 0 aromatic carbocycles. The Morgan fingerprint density at radius 2 is 0.810 bits per heavy atom. The first-order valence-corrected chi connectivity index (χ1v) is 19.7. The van der Waals surface area contributed by atoms with Crippen molar-refractivity contribution in [3.8, 4) is 0 Å². The molecule has 0 radical (unpaired) electrons. The summed E-state index contributed by atoms with van der Waals surface area (Å²) in [5, 5.41) is 56.8. The van der Waals surface area contributed by atoms with E-state index < -0.39 is 115 Å². The van der Waals surface area contributed by atoms with Gasteiger partial charge >= 0.3 is 5.97 Å². The molecule has 0 aliphatic heterocycles. The van der Waals surface area contributed by atoms with Gasteiger partial charge in [-0.25, -0.2) is 4.79 Å². The van der Waals surface area contributed by atoms with E-state index in [-0.39, 0.29) is 43.4 Å². The largest absolute Gasteiger partial charge is 0.480 e. The number of nitrogens with two attached hydrogens (primary N) is 2. The summed E-state index contributed by atoms with van der Waals surface area (Å²) in [6, 6.07) is -10.9. The van der Waals surface area contributed by atoms with Gasteiger partial charge in [-0.3, -0.25) is 33.6 Å². The summed E-state index contributed by atoms with van der Waals surface area (Å²) in [5.74, 6) is -8.03. The monoisotopic (exact) mass is 832 g/mol. The normalized spacial score (nSPS) is 16.1. The van der Waals surface area contributed by atoms with Crippen LogP contribution in [0.2, 0.25) is 0 Å². The van der Waals surface area contributed by atoms with Crippen molar-refractivity contribution < 1.29 is 58.8 Å². The molecule has 9 atom stereocenters. The van der Waals surface area contributed by atoms with Gasteiger partial charge in [0.1, 0.15) is 42.3 Å². The second-order valence-corrected chi connectivity index (χ2v) is 15.8. The first kappa shape index (κ1) is 53.6. The maximum atomic E-state index is 13.6. The molecule has 0 saturated heterocycles. The number of amides is 7. The number of aliphatic carboxylic acids is 1. The zero-order chi connectivity index (χ0) is 44.9. The zero-order valence-electron chi connectivity index (χ0n) is 35.0. The minimum absolute atomic E-state index is 0.00134. The summed E-state index contributed by atoms with van der Waals surface area (Å²) >= 11 is 0. The fourth-order valence-electron chi connectivity index (χ4n) is 5.56. The summed E-state index contributed by atoms with van der Waals surface area (Å²) in [6.45, 7) is 11.7. The fraction of sp³-hybridized carbons (Fsp3) is 0.784. The van der Waals surface area contributed by atoms with E-state index in [0.717, 1.165) is 0 Å². The van der Waals surface area contributed by atoms with Crippen molar-refractivity contribution in [2.24, 2.45) is 29.2 Å². The average Bonchev–Trinajstić information content (AvgIpc) is 3.12. The van der Waals surface area contributed by atoms with Gasteiger partial charge in [0.25, 0.3) is 0 Å². The van der Waals surface area contributed by atoms with Gasteiger partial charge in [-0.05, 0) is 76.7 Å². The standard InChI is InChI=1S/C37H69N9O12/c1-18(2)13-24(41-34(54)27(16-47)44-30(50)21(7)39)32(52)45-28(17-48)35(55)42-26(15-20(5)6)33(53)46-29(22(8)49)36(56)43-25(14-19(3)4)31(51)40-23(37(57)58)11-9-10-12-38/h18-29,47-49H,9-17,38-39H2,1-8H3,(H,40,51)(H,41,54)(H,42,55)(H,43,56)(H,44,50)(H,45,52)(H,46,53)(H,57,58). The van der Waals surface area contributed by atoms with Gasteiger partial charge in [-0.2, -0.15) is 0 Å². The van der Waals surface area contributed by atoms with Crippen LogP contribution in [0.3, 0.4) is 0 Å². The van der Waals surface area contributed by atoms with Crippen molar-refractivity contribution in [3.63, 3.8) is 0 Å². The Balaban J connectivity index is 6.11. The highest BCUT2D eigenvalue weighted by Crippen LogP contribution is 2.11. The molecule has 0 aliphatic rings. The maximum absolute atomic E-state index is 13.6. The Morgan fingerprint density at radius 1 is 0.483 bits per heavy atom. The van der Waals surface area contributed by atoms with Crippen molar-refractivity contribution in [3.05, 3.63) is 0 Å². The van der Waals surface area contributed by atoms with Gasteiger partial charge in [0.2, 0.25) is 41.4 Å². The molecular weight excluding hydrogens is 762 g/mol. The molecule has 0 bridgehead atoms. The Labute approximate surface area is 340 Å². The molecule has 0 aromatic heterocycles. The second kappa shape index (κ2) is 27.3. The van der Waals surface area contributed by atoms with Gasteiger partial charge in [-0.15, -0.1) is 0 Å². The van der Waals surface area contributed by atoms with Crippen molar-refractivity contribution in [2.45, 2.75) is 148 Å². The van der Waals surface area contributed by atoms with E-state index in [4.69, 9.17) is 11.5 Å². The summed E-state index contributed by atoms with van der Waals surface area (Å²) in [6.07, 6.45) is -0.303. The Hall–Kier alpha value is -4.44. The van der Waals surface area contributed by atoms with Gasteiger partial charge in [0.05, 0.1) is 25.4 Å². The van der Waals surface area contributed by atoms with Crippen LogP contribution in [0.1, 0.15) is 93.9 Å². The summed E-state index contributed by atoms with van der Waals surface area (Å²) in [5.41, 5.74) is 11.0. The zero-order valence-corrected chi connectivity index (χ0v) is 35.0. The van der Waals surface area contributed by atoms with Crippen LogP contribution in [-0.2, 0) is 38.4 Å². The number of hydrogen-bond donors (Lipinski definition) is 13. The number of carboxylic acid groups (broad SMARTS) is 1. The lowest BCUT2D eigenvalue weighted by atomic mass is 10.00. The Kier molecular flexibility index (Phi) is 25.2. The first-order valence-electron chi connectivity index (χ1n) is 19.7. The predicted octanol–water partition coefficient (Wildman–Crippen LogP) is -3.56. The third kappa shape index (κ3) is 20.3. The molecule has 58 heavy (non-hydrogen) atoms. The van der Waals surface area contributed by atoms with E-state index in [1.807, 2.05) is 0 Å². The van der Waals surface area contributed by atoms with E-state index in [2.05, 4.69) is 37.2 Å². The highest BCUT2D eigenvalue weighted by molar-refractivity contribution is 5.97. The van der Waals surface area contributed by atoms with E-state index in [1.165, 1.54) is 13.8 Å². The predicted molar refractivity (Wildman–Crippen MR) is 212 cm³/mol. The number of aliphatic hydroxyl groups is 3. The number of nitrogens with one attached hydrogen (secondary N) is 7. The highest BCUT2D eigenvalue weighted by Gasteiger charge is 2.36. The Bertz CT molecular complexity index is 1360. The van der Waals surface area contributed by atoms with E-state index >= 15 is 0 Å². The molecule has 21 heteroatoms. The van der Waals surface area contributed by atoms with E-state index in [1.54, 1.807) is 41.5 Å². The fourth-order valence-corrected chi connectivity index (χ4v) is 5.56. The van der Waals surface area contributed by atoms with E-state index in [9.17, 15) is 58.8 Å². The van der Waals surface area contributed by atoms with Crippen LogP contribution in [-0.4, -0.2) is 142 Å². The van der Waals surface area contributed by atoms with Crippen molar-refractivity contribution >= 4 is 47.3 Å². The van der Waals surface area contributed by atoms with Gasteiger partial charge in [0, 0.05) is 0 Å². The van der Waals surface area contributed by atoms with Crippen LogP contribution < -0.4 is 48.7 Å². The van der Waals surface area contributed by atoms with E-state index in [0.29, 0.717) is 19.4 Å². The lowest BCUT2D eigenvalue weighted by Crippen LogP contribution is -2.62. The molecule has 7 amide bonds. The minimum atomic E-state index is -1.64. The van der Waals surface area contributed by atoms with Gasteiger partial charge < -0.3 is 69.1 Å². The van der Waals surface area contributed by atoms with Gasteiger partial charge in [0.15, 0.2) is 0 Å². The third-order valence-electron chi connectivity index (χ3n) is 8.69. The molecule has 334 valence electrons. The van der Waals surface area contributed by atoms with Crippen LogP contribution in [0, 0.1) is 17.8 Å². The molecule has 0 fully saturated rings. The van der Waals surface area contributed by atoms with Crippen LogP contribution in [0.15, 0.2) is 0 Å². The SMILES string of the molecule is CC(C)CC(NC(=O)C(CO)NC(=O)C(C)N)C(=O)NC(CO)C(=O)NC(CC(C)C)C(=O)NC(C(=O)NC(CC(C)C)C(=O)NC(CCCCN)C(=O)O)C(C)O. The molecule has 15 N–H and O–H groups in total. The molecular formula is C37H69N9O12. The summed E-state index contributed by atoms with van der Waals surface area (Å²) in [4.78, 5) is 104. The number of rotatable bonds is 28. The number of aliphatic hydroxyl groups excluding tert-OH is 3. The van der Waals surface area contributed by atoms with Crippen LogP contribution in [0.4, 0.5) is 0 Å². The van der Waals surface area contributed by atoms with Crippen LogP contribution >= 0.6 is 0 Å². The molecule has 0 saturated carbocycles. The van der Waals surface area contributed by atoms with Crippen LogP contribution in [0.5, 0.6) is 0 Å². The van der Waals surface area contributed by atoms with Crippen molar-refractivity contribution in [1.82, 2.24) is 37.2 Å². The Morgan fingerprint density at radius 3 is 1.14 bits per heavy atom. The lowest BCUT2D eigenvalue weighted by molar-refractivity contribution is -0.142. The number of carbonyl (C=O) groups excluding carboxylic acids is 7. The second-order valence-electron chi connectivity index (χ2n) is 15.8. The van der Waals surface area contributed by atoms with Crippen molar-refractivity contribution in [1.29, 1.82) is 0 Å². The molecule has 0 aliphatic carbocycles. The molecule has 0 spiro atoms. The smallest absolute Gasteiger partial charge is 0.326 e. The molecule has 9 unspecified atom stereocenters. The molecule has 0 aromatic rings. The maximum Gasteiger partial charge on any atom is 0.326 e. The highest BCUT2D eigenvalue weighted by atomic mass is 16.4.